The normalized spacial score (nSPS) is 10.9. The number of nitrogens with one attached hydrogen (secondary N) is 2. The van der Waals surface area contributed by atoms with E-state index in [9.17, 15) is 24.3 Å². The number of hydrogen-bond acceptors (Lipinski definition) is 5. The Balaban J connectivity index is 2.01. The van der Waals surface area contributed by atoms with Gasteiger partial charge in [0, 0.05) is 15.6 Å². The highest BCUT2D eigenvalue weighted by atomic mass is 79.9. The van der Waals surface area contributed by atoms with Crippen molar-refractivity contribution in [3.8, 4) is 17.6 Å². The van der Waals surface area contributed by atoms with E-state index in [4.69, 9.17) is 10.8 Å². The molecule has 3 amide bonds. The van der Waals surface area contributed by atoms with Crippen molar-refractivity contribution < 1.29 is 29.4 Å². The van der Waals surface area contributed by atoms with Crippen LogP contribution in [0.25, 0.3) is 0 Å². The predicted molar refractivity (Wildman–Crippen MR) is 114 cm³/mol. The molecule has 0 bridgehead atoms. The molecule has 0 aliphatic carbocycles. The molecule has 0 spiro atoms. The van der Waals surface area contributed by atoms with Gasteiger partial charge in [0.2, 0.25) is 5.91 Å². The van der Waals surface area contributed by atoms with Crippen molar-refractivity contribution in [3.63, 3.8) is 0 Å². The maximum absolute atomic E-state index is 12.3. The summed E-state index contributed by atoms with van der Waals surface area (Å²) in [7, 11) is 0. The fraction of sp³-hybridized carbons (Fsp3) is 0.143. The van der Waals surface area contributed by atoms with Crippen LogP contribution in [0.5, 0.6) is 5.75 Å². The second-order valence-electron chi connectivity index (χ2n) is 6.26. The van der Waals surface area contributed by atoms with E-state index in [1.807, 2.05) is 0 Å². The summed E-state index contributed by atoms with van der Waals surface area (Å²) < 4.78 is 0.256. The van der Waals surface area contributed by atoms with Gasteiger partial charge in [-0.1, -0.05) is 17.9 Å². The number of phenolic OH excluding ortho intramolecular Hbond substituents is 1. The second-order valence-corrected chi connectivity index (χ2v) is 7.12. The number of halogens is 1. The van der Waals surface area contributed by atoms with Crippen LogP contribution < -0.4 is 16.4 Å². The van der Waals surface area contributed by atoms with E-state index >= 15 is 0 Å². The molecule has 160 valence electrons. The Morgan fingerprint density at radius 1 is 1.10 bits per heavy atom. The van der Waals surface area contributed by atoms with Crippen molar-refractivity contribution in [1.29, 1.82) is 0 Å². The molecule has 0 aliphatic rings. The summed E-state index contributed by atoms with van der Waals surface area (Å²) >= 11 is 3.18. The molecular formula is C21H18BrN3O6. The van der Waals surface area contributed by atoms with E-state index < -0.39 is 36.2 Å². The zero-order chi connectivity index (χ0) is 23.0. The number of phenols is 1. The van der Waals surface area contributed by atoms with E-state index in [1.54, 1.807) is 12.1 Å². The number of aliphatic carboxylic acids is 1. The highest BCUT2D eigenvalue weighted by molar-refractivity contribution is 9.10. The molecule has 6 N–H and O–H groups in total. The number of carboxylic acids is 1. The second kappa shape index (κ2) is 10.8. The van der Waals surface area contributed by atoms with Crippen molar-refractivity contribution in [2.75, 3.05) is 6.54 Å². The average molecular weight is 488 g/mol. The highest BCUT2D eigenvalue weighted by Gasteiger charge is 2.24. The number of carbonyl (C=O) groups is 4. The minimum absolute atomic E-state index is 0.0573. The van der Waals surface area contributed by atoms with Crippen molar-refractivity contribution in [2.45, 2.75) is 12.5 Å². The lowest BCUT2D eigenvalue weighted by atomic mass is 10.1. The number of aromatic hydroxyl groups is 1. The fourth-order valence-corrected chi connectivity index (χ4v) is 2.99. The number of carboxylic acid groups (broad SMARTS) is 1. The number of hydrogen-bond donors (Lipinski definition) is 5. The molecule has 10 heteroatoms. The summed E-state index contributed by atoms with van der Waals surface area (Å²) in [6, 6.07) is 9.05. The van der Waals surface area contributed by atoms with Gasteiger partial charge in [-0.3, -0.25) is 14.4 Å². The van der Waals surface area contributed by atoms with E-state index in [2.05, 4.69) is 38.4 Å². The van der Waals surface area contributed by atoms with Gasteiger partial charge in [-0.15, -0.1) is 0 Å². The third-order valence-corrected chi connectivity index (χ3v) is 4.56. The lowest BCUT2D eigenvalue weighted by Gasteiger charge is -2.14. The zero-order valence-electron chi connectivity index (χ0n) is 16.0. The number of rotatable bonds is 7. The minimum atomic E-state index is -1.47. The van der Waals surface area contributed by atoms with Crippen molar-refractivity contribution in [1.82, 2.24) is 10.6 Å². The lowest BCUT2D eigenvalue weighted by molar-refractivity contribution is -0.140. The Kier molecular flexibility index (Phi) is 8.16. The van der Waals surface area contributed by atoms with Crippen LogP contribution in [0.2, 0.25) is 0 Å². The van der Waals surface area contributed by atoms with Gasteiger partial charge in [0.15, 0.2) is 0 Å². The molecule has 0 radical (unpaired) electrons. The summed E-state index contributed by atoms with van der Waals surface area (Å²) in [5.74, 6) is 2.20. The van der Waals surface area contributed by atoms with Gasteiger partial charge in [-0.2, -0.15) is 0 Å². The summed E-state index contributed by atoms with van der Waals surface area (Å²) in [6.07, 6.45) is -0.553. The van der Waals surface area contributed by atoms with Crippen LogP contribution in [-0.4, -0.2) is 46.5 Å². The van der Waals surface area contributed by atoms with Crippen molar-refractivity contribution in [2.24, 2.45) is 5.73 Å². The maximum atomic E-state index is 12.3. The molecule has 0 aliphatic heterocycles. The molecule has 0 heterocycles. The Hall–Kier alpha value is -3.84. The van der Waals surface area contributed by atoms with Gasteiger partial charge in [-0.25, -0.2) is 4.79 Å². The first kappa shape index (κ1) is 23.4. The Bertz CT molecular complexity index is 1090. The van der Waals surface area contributed by atoms with Gasteiger partial charge in [-0.05, 0) is 52.3 Å². The largest absolute Gasteiger partial charge is 0.508 e. The third-order valence-electron chi connectivity index (χ3n) is 3.90. The number of primary amides is 1. The Morgan fingerprint density at radius 2 is 1.84 bits per heavy atom. The predicted octanol–water partition coefficient (Wildman–Crippen LogP) is 0.995. The monoisotopic (exact) mass is 487 g/mol. The Labute approximate surface area is 185 Å². The van der Waals surface area contributed by atoms with Gasteiger partial charge in [0.05, 0.1) is 18.5 Å². The fourth-order valence-electron chi connectivity index (χ4n) is 2.43. The quantitative estimate of drug-likeness (QED) is 0.366. The first-order valence-corrected chi connectivity index (χ1v) is 9.64. The van der Waals surface area contributed by atoms with Gasteiger partial charge >= 0.3 is 5.97 Å². The van der Waals surface area contributed by atoms with Crippen LogP contribution in [0.1, 0.15) is 32.7 Å². The number of carbonyl (C=O) groups excluding carboxylic acids is 3. The molecule has 0 saturated carbocycles. The topological polar surface area (TPSA) is 159 Å². The maximum Gasteiger partial charge on any atom is 0.326 e. The van der Waals surface area contributed by atoms with Gasteiger partial charge < -0.3 is 26.6 Å². The summed E-state index contributed by atoms with van der Waals surface area (Å²) in [5.41, 5.74) is 5.92. The van der Waals surface area contributed by atoms with Gasteiger partial charge in [0.25, 0.3) is 11.8 Å². The van der Waals surface area contributed by atoms with E-state index in [0.29, 0.717) is 5.56 Å². The third kappa shape index (κ3) is 7.17. The van der Waals surface area contributed by atoms with E-state index in [-0.39, 0.29) is 27.9 Å². The molecule has 2 aromatic carbocycles. The summed E-state index contributed by atoms with van der Waals surface area (Å²) in [4.78, 5) is 46.7. The highest BCUT2D eigenvalue weighted by Crippen LogP contribution is 2.19. The van der Waals surface area contributed by atoms with E-state index in [1.165, 1.54) is 30.3 Å². The van der Waals surface area contributed by atoms with Crippen LogP contribution in [0.4, 0.5) is 0 Å². The zero-order valence-corrected chi connectivity index (χ0v) is 17.6. The molecular weight excluding hydrogens is 470 g/mol. The number of benzene rings is 2. The van der Waals surface area contributed by atoms with Crippen LogP contribution in [0.15, 0.2) is 46.9 Å². The minimum Gasteiger partial charge on any atom is -0.508 e. The van der Waals surface area contributed by atoms with Crippen LogP contribution in [0.3, 0.4) is 0 Å². The standard InChI is InChI=1S/C21H18BrN3O6/c22-16-10-13(19(28)24-8-2-4-12-3-1-5-14(26)9-12)6-7-15(16)20(29)25-17(21(30)31)11-18(23)27/h1,3,5-7,9-10,17,26H,8,11H2,(H2,23,27)(H,24,28)(H,25,29)(H,30,31). The van der Waals surface area contributed by atoms with Crippen LogP contribution >= 0.6 is 15.9 Å². The Morgan fingerprint density at radius 3 is 2.45 bits per heavy atom. The average Bonchev–Trinajstić information content (AvgIpc) is 2.70. The molecule has 1 atom stereocenters. The first-order valence-electron chi connectivity index (χ1n) is 8.85. The molecule has 0 aromatic heterocycles. The molecule has 0 saturated heterocycles. The SMILES string of the molecule is NC(=O)CC(NC(=O)c1ccc(C(=O)NCC#Cc2cccc(O)c2)cc1Br)C(=O)O. The molecule has 9 nitrogen and oxygen atoms in total. The molecule has 2 rings (SSSR count). The van der Waals surface area contributed by atoms with Gasteiger partial charge in [0.1, 0.15) is 11.8 Å². The molecule has 1 unspecified atom stereocenters. The molecule has 2 aromatic rings. The lowest BCUT2D eigenvalue weighted by Crippen LogP contribution is -2.43. The summed E-state index contributed by atoms with van der Waals surface area (Å²) in [5, 5.41) is 23.3. The van der Waals surface area contributed by atoms with E-state index in [0.717, 1.165) is 0 Å². The van der Waals surface area contributed by atoms with Crippen LogP contribution in [0, 0.1) is 11.8 Å². The first-order chi connectivity index (χ1) is 14.7. The van der Waals surface area contributed by atoms with Crippen LogP contribution in [-0.2, 0) is 9.59 Å². The molecule has 31 heavy (non-hydrogen) atoms. The number of amides is 3. The van der Waals surface area contributed by atoms with Crippen molar-refractivity contribution >= 4 is 39.6 Å². The number of nitrogens with two attached hydrogens (primary N) is 1. The van der Waals surface area contributed by atoms with Crippen molar-refractivity contribution in [3.05, 3.63) is 63.6 Å². The molecule has 0 fully saturated rings. The smallest absolute Gasteiger partial charge is 0.326 e. The summed E-state index contributed by atoms with van der Waals surface area (Å²) in [6.45, 7) is 0.0573.